The zero-order valence-electron chi connectivity index (χ0n) is 17.6. The van der Waals surface area contributed by atoms with Crippen molar-refractivity contribution in [1.29, 1.82) is 0 Å². The molecule has 1 aliphatic heterocycles. The van der Waals surface area contributed by atoms with Crippen LogP contribution in [-0.2, 0) is 30.7 Å². The number of alkyl halides is 3. The Morgan fingerprint density at radius 3 is 2.47 bits per heavy atom. The second kappa shape index (κ2) is 9.16. The summed E-state index contributed by atoms with van der Waals surface area (Å²) in [7, 11) is 1.49. The lowest BCUT2D eigenvalue weighted by Gasteiger charge is -2.32. The zero-order valence-corrected chi connectivity index (χ0v) is 17.6. The molecule has 1 saturated heterocycles. The Kier molecular flexibility index (Phi) is 7.28. The van der Waals surface area contributed by atoms with Gasteiger partial charge in [0.2, 0.25) is 17.7 Å². The number of carbonyl (C=O) groups is 3. The number of nitrogens with zero attached hydrogens (tertiary/aromatic N) is 2. The van der Waals surface area contributed by atoms with Crippen LogP contribution in [0, 0.1) is 0 Å². The van der Waals surface area contributed by atoms with Crippen molar-refractivity contribution in [2.75, 3.05) is 26.8 Å². The van der Waals surface area contributed by atoms with Crippen molar-refractivity contribution in [2.24, 2.45) is 0 Å². The summed E-state index contributed by atoms with van der Waals surface area (Å²) in [6.45, 7) is 5.83. The predicted molar refractivity (Wildman–Crippen MR) is 103 cm³/mol. The van der Waals surface area contributed by atoms with E-state index in [1.165, 1.54) is 24.1 Å². The van der Waals surface area contributed by atoms with Crippen LogP contribution in [0.1, 0.15) is 44.7 Å². The van der Waals surface area contributed by atoms with Gasteiger partial charge in [0.25, 0.3) is 0 Å². The first kappa shape index (κ1) is 23.9. The molecule has 0 aromatic heterocycles. The minimum atomic E-state index is -4.61. The second-order valence-electron chi connectivity index (χ2n) is 7.63. The molecule has 9 heteroatoms. The van der Waals surface area contributed by atoms with Gasteiger partial charge in [0.1, 0.15) is 0 Å². The number of likely N-dealkylation sites (tertiary alicyclic amines) is 1. The van der Waals surface area contributed by atoms with Gasteiger partial charge in [-0.25, -0.2) is 0 Å². The molecule has 1 aromatic rings. The van der Waals surface area contributed by atoms with Crippen LogP contribution in [-0.4, -0.2) is 60.4 Å². The standard InChI is InChI=1S/C21H27F3N2O4/c1-5-25-17(27)12-20(19(25)29,13-18(28)26(14(2)3)9-10-30-4)15-7-6-8-16(11-15)21(22,23)24/h6-8,11,14H,5,9-10,12-13H2,1-4H3. The summed E-state index contributed by atoms with van der Waals surface area (Å²) in [4.78, 5) is 41.3. The summed E-state index contributed by atoms with van der Waals surface area (Å²) in [5.74, 6) is -1.56. The molecule has 0 N–H and O–H groups in total. The summed E-state index contributed by atoms with van der Waals surface area (Å²) < 4.78 is 44.9. The SMILES string of the molecule is CCN1C(=O)CC(CC(=O)N(CCOC)C(C)C)(c2cccc(C(F)(F)F)c2)C1=O. The number of hydrogen-bond acceptors (Lipinski definition) is 4. The Balaban J connectivity index is 2.53. The molecule has 0 aliphatic carbocycles. The summed E-state index contributed by atoms with van der Waals surface area (Å²) in [6, 6.07) is 4.13. The smallest absolute Gasteiger partial charge is 0.383 e. The van der Waals surface area contributed by atoms with E-state index in [2.05, 4.69) is 0 Å². The number of methoxy groups -OCH3 is 1. The number of amides is 3. The Hall–Kier alpha value is -2.42. The Morgan fingerprint density at radius 2 is 1.97 bits per heavy atom. The molecule has 1 unspecified atom stereocenters. The molecule has 0 spiro atoms. The van der Waals surface area contributed by atoms with Gasteiger partial charge in [-0.2, -0.15) is 13.2 Å². The molecule has 1 heterocycles. The summed E-state index contributed by atoms with van der Waals surface area (Å²) in [5, 5.41) is 0. The van der Waals surface area contributed by atoms with Crippen molar-refractivity contribution in [3.8, 4) is 0 Å². The van der Waals surface area contributed by atoms with Crippen LogP contribution in [0.5, 0.6) is 0 Å². The molecule has 1 fully saturated rings. The Bertz CT molecular complexity index is 810. The van der Waals surface area contributed by atoms with Gasteiger partial charge < -0.3 is 9.64 Å². The lowest BCUT2D eigenvalue weighted by Crippen LogP contribution is -2.46. The molecule has 6 nitrogen and oxygen atoms in total. The number of imide groups is 1. The van der Waals surface area contributed by atoms with E-state index in [9.17, 15) is 27.6 Å². The van der Waals surface area contributed by atoms with E-state index in [-0.39, 0.29) is 37.7 Å². The molecule has 0 saturated carbocycles. The molecular formula is C21H27F3N2O4. The number of hydrogen-bond donors (Lipinski definition) is 0. The van der Waals surface area contributed by atoms with Gasteiger partial charge in [-0.15, -0.1) is 0 Å². The average molecular weight is 428 g/mol. The quantitative estimate of drug-likeness (QED) is 0.597. The molecule has 2 rings (SSSR count). The molecule has 0 radical (unpaired) electrons. The molecule has 3 amide bonds. The summed E-state index contributed by atoms with van der Waals surface area (Å²) in [5.41, 5.74) is -2.57. The maximum atomic E-state index is 13.3. The van der Waals surface area contributed by atoms with Crippen LogP contribution < -0.4 is 0 Å². The van der Waals surface area contributed by atoms with E-state index in [1.807, 2.05) is 0 Å². The van der Waals surface area contributed by atoms with Crippen molar-refractivity contribution >= 4 is 17.7 Å². The normalized spacial score (nSPS) is 19.7. The number of carbonyl (C=O) groups excluding carboxylic acids is 3. The van der Waals surface area contributed by atoms with Crippen LogP contribution in [0.3, 0.4) is 0 Å². The van der Waals surface area contributed by atoms with Crippen molar-refractivity contribution in [1.82, 2.24) is 9.80 Å². The number of rotatable bonds is 8. The van der Waals surface area contributed by atoms with Gasteiger partial charge in [-0.3, -0.25) is 19.3 Å². The molecular weight excluding hydrogens is 401 g/mol. The van der Waals surface area contributed by atoms with Gasteiger partial charge >= 0.3 is 6.18 Å². The van der Waals surface area contributed by atoms with Crippen LogP contribution in [0.25, 0.3) is 0 Å². The van der Waals surface area contributed by atoms with Crippen LogP contribution >= 0.6 is 0 Å². The van der Waals surface area contributed by atoms with Crippen molar-refractivity contribution in [3.05, 3.63) is 35.4 Å². The van der Waals surface area contributed by atoms with E-state index in [0.29, 0.717) is 0 Å². The lowest BCUT2D eigenvalue weighted by atomic mass is 9.75. The third kappa shape index (κ3) is 4.66. The van der Waals surface area contributed by atoms with E-state index in [4.69, 9.17) is 4.74 Å². The monoisotopic (exact) mass is 428 g/mol. The highest BCUT2D eigenvalue weighted by atomic mass is 19.4. The third-order valence-electron chi connectivity index (χ3n) is 5.40. The third-order valence-corrected chi connectivity index (χ3v) is 5.40. The first-order valence-corrected chi connectivity index (χ1v) is 9.79. The molecule has 1 aliphatic rings. The number of halogens is 3. The van der Waals surface area contributed by atoms with E-state index in [0.717, 1.165) is 17.0 Å². The van der Waals surface area contributed by atoms with Crippen LogP contribution in [0.4, 0.5) is 13.2 Å². The molecule has 166 valence electrons. The minimum absolute atomic E-state index is 0.0235. The van der Waals surface area contributed by atoms with Crippen molar-refractivity contribution in [2.45, 2.75) is 51.2 Å². The number of ether oxygens (including phenoxy) is 1. The largest absolute Gasteiger partial charge is 0.416 e. The van der Waals surface area contributed by atoms with E-state index in [1.54, 1.807) is 20.8 Å². The fourth-order valence-corrected chi connectivity index (χ4v) is 3.80. The van der Waals surface area contributed by atoms with E-state index >= 15 is 0 Å². The number of benzene rings is 1. The fourth-order valence-electron chi connectivity index (χ4n) is 3.80. The van der Waals surface area contributed by atoms with Crippen molar-refractivity contribution in [3.63, 3.8) is 0 Å². The predicted octanol–water partition coefficient (Wildman–Crippen LogP) is 3.00. The fraction of sp³-hybridized carbons (Fsp3) is 0.571. The summed E-state index contributed by atoms with van der Waals surface area (Å²) in [6.07, 6.45) is -5.35. The van der Waals surface area contributed by atoms with Crippen molar-refractivity contribution < 1.29 is 32.3 Å². The summed E-state index contributed by atoms with van der Waals surface area (Å²) >= 11 is 0. The highest BCUT2D eigenvalue weighted by molar-refractivity contribution is 6.10. The molecule has 1 aromatic carbocycles. The average Bonchev–Trinajstić information content (AvgIpc) is 2.91. The van der Waals surface area contributed by atoms with Crippen LogP contribution in [0.15, 0.2) is 24.3 Å². The molecule has 30 heavy (non-hydrogen) atoms. The Morgan fingerprint density at radius 1 is 1.30 bits per heavy atom. The topological polar surface area (TPSA) is 66.9 Å². The van der Waals surface area contributed by atoms with Gasteiger partial charge in [0, 0.05) is 39.1 Å². The van der Waals surface area contributed by atoms with Crippen LogP contribution in [0.2, 0.25) is 0 Å². The number of likely N-dealkylation sites (N-methyl/N-ethyl adjacent to an activating group) is 1. The molecule has 0 bridgehead atoms. The highest BCUT2D eigenvalue weighted by Crippen LogP contribution is 2.42. The van der Waals surface area contributed by atoms with Gasteiger partial charge in [0.15, 0.2) is 0 Å². The minimum Gasteiger partial charge on any atom is -0.383 e. The first-order valence-electron chi connectivity index (χ1n) is 9.79. The zero-order chi connectivity index (χ0) is 22.7. The lowest BCUT2D eigenvalue weighted by molar-refractivity contribution is -0.143. The van der Waals surface area contributed by atoms with Gasteiger partial charge in [-0.05, 0) is 32.4 Å². The van der Waals surface area contributed by atoms with Gasteiger partial charge in [0.05, 0.1) is 17.6 Å². The highest BCUT2D eigenvalue weighted by Gasteiger charge is 2.54. The Labute approximate surface area is 174 Å². The van der Waals surface area contributed by atoms with E-state index < -0.39 is 41.3 Å². The molecule has 1 atom stereocenters. The first-order chi connectivity index (χ1) is 14.0. The van der Waals surface area contributed by atoms with Gasteiger partial charge in [-0.1, -0.05) is 18.2 Å². The maximum Gasteiger partial charge on any atom is 0.416 e. The maximum absolute atomic E-state index is 13.3. The second-order valence-corrected chi connectivity index (χ2v) is 7.63.